The van der Waals surface area contributed by atoms with Crippen molar-refractivity contribution in [3.05, 3.63) is 51.7 Å². The number of aromatic nitrogens is 1. The van der Waals surface area contributed by atoms with Crippen LogP contribution in [0.4, 0.5) is 11.5 Å². The zero-order valence-electron chi connectivity index (χ0n) is 14.9. The van der Waals surface area contributed by atoms with Gasteiger partial charge in [-0.25, -0.2) is 9.78 Å². The van der Waals surface area contributed by atoms with Gasteiger partial charge in [0.25, 0.3) is 0 Å². The van der Waals surface area contributed by atoms with Crippen molar-refractivity contribution in [1.29, 1.82) is 0 Å². The predicted octanol–water partition coefficient (Wildman–Crippen LogP) is 2.93. The summed E-state index contributed by atoms with van der Waals surface area (Å²) in [6.45, 7) is 3.51. The summed E-state index contributed by atoms with van der Waals surface area (Å²) in [6, 6.07) is 5.69. The van der Waals surface area contributed by atoms with Crippen LogP contribution in [0.1, 0.15) is 29.8 Å². The second-order valence-electron chi connectivity index (χ2n) is 5.60. The molecule has 1 heterocycles. The molecule has 27 heavy (non-hydrogen) atoms. The maximum Gasteiger partial charge on any atom is 0.337 e. The number of nitrogens with one attached hydrogen (secondary N) is 1. The van der Waals surface area contributed by atoms with Gasteiger partial charge in [0.05, 0.1) is 29.9 Å². The Balaban J connectivity index is 2.24. The molecule has 142 valence electrons. The lowest BCUT2D eigenvalue weighted by molar-refractivity contribution is -0.386. The fourth-order valence-corrected chi connectivity index (χ4v) is 2.08. The van der Waals surface area contributed by atoms with Crippen molar-refractivity contribution in [2.75, 3.05) is 12.5 Å². The predicted molar refractivity (Wildman–Crippen MR) is 97.8 cm³/mol. The number of nitrogens with zero attached hydrogens (tertiary/aromatic N) is 3. The lowest BCUT2D eigenvalue weighted by Gasteiger charge is -2.14. The van der Waals surface area contributed by atoms with Gasteiger partial charge in [-0.15, -0.1) is 0 Å². The molecule has 0 unspecified atom stereocenters. The minimum atomic E-state index is -1.08. The van der Waals surface area contributed by atoms with Gasteiger partial charge in [0.1, 0.15) is 5.82 Å². The van der Waals surface area contributed by atoms with Crippen LogP contribution < -0.4 is 14.9 Å². The Bertz CT molecular complexity index is 864. The maximum atomic E-state index is 11.4. The van der Waals surface area contributed by atoms with Crippen molar-refractivity contribution in [3.8, 4) is 11.5 Å². The number of hydrogen-bond acceptors (Lipinski definition) is 8. The lowest BCUT2D eigenvalue weighted by atomic mass is 10.2. The molecule has 2 rings (SSSR count). The van der Waals surface area contributed by atoms with Crippen LogP contribution in [0.2, 0.25) is 0 Å². The summed E-state index contributed by atoms with van der Waals surface area (Å²) in [5.41, 5.74) is 2.83. The highest BCUT2D eigenvalue weighted by molar-refractivity contribution is 5.87. The van der Waals surface area contributed by atoms with E-state index in [4.69, 9.17) is 14.6 Å². The Hall–Kier alpha value is -3.69. The number of aromatic carboxylic acids is 1. The van der Waals surface area contributed by atoms with Gasteiger partial charge < -0.3 is 14.6 Å². The Morgan fingerprint density at radius 1 is 1.41 bits per heavy atom. The molecule has 2 aromatic rings. The summed E-state index contributed by atoms with van der Waals surface area (Å²) in [7, 11) is 1.39. The average molecular weight is 374 g/mol. The highest BCUT2D eigenvalue weighted by Gasteiger charge is 2.22. The largest absolute Gasteiger partial charge is 0.493 e. The first-order valence-corrected chi connectivity index (χ1v) is 7.83. The molecule has 0 fully saturated rings. The van der Waals surface area contributed by atoms with Crippen LogP contribution in [-0.4, -0.2) is 40.4 Å². The third-order valence-electron chi connectivity index (χ3n) is 3.23. The van der Waals surface area contributed by atoms with Crippen molar-refractivity contribution in [3.63, 3.8) is 0 Å². The first-order valence-electron chi connectivity index (χ1n) is 7.83. The molecule has 0 saturated carbocycles. The number of nitro groups is 1. The van der Waals surface area contributed by atoms with E-state index in [1.807, 2.05) is 0 Å². The van der Waals surface area contributed by atoms with Crippen LogP contribution in [0.15, 0.2) is 35.6 Å². The van der Waals surface area contributed by atoms with Crippen molar-refractivity contribution in [2.45, 2.75) is 20.0 Å². The molecule has 0 radical (unpaired) electrons. The van der Waals surface area contributed by atoms with E-state index in [0.717, 1.165) is 0 Å². The zero-order valence-corrected chi connectivity index (χ0v) is 14.9. The Kier molecular flexibility index (Phi) is 6.26. The number of pyridine rings is 1. The number of rotatable bonds is 8. The molecular weight excluding hydrogens is 356 g/mol. The van der Waals surface area contributed by atoms with Gasteiger partial charge >= 0.3 is 11.7 Å². The minimum absolute atomic E-state index is 0.0469. The smallest absolute Gasteiger partial charge is 0.337 e. The molecule has 0 saturated heterocycles. The zero-order chi connectivity index (χ0) is 20.0. The van der Waals surface area contributed by atoms with Crippen LogP contribution in [0.5, 0.6) is 11.5 Å². The summed E-state index contributed by atoms with van der Waals surface area (Å²) in [5, 5.41) is 24.1. The Morgan fingerprint density at radius 2 is 2.15 bits per heavy atom. The summed E-state index contributed by atoms with van der Waals surface area (Å²) in [4.78, 5) is 25.5. The van der Waals surface area contributed by atoms with Gasteiger partial charge in [0.2, 0.25) is 5.75 Å². The van der Waals surface area contributed by atoms with Gasteiger partial charge in [-0.2, -0.15) is 5.10 Å². The molecule has 1 aromatic heterocycles. The second kappa shape index (κ2) is 8.61. The molecule has 1 aromatic carbocycles. The Labute approximate surface area is 154 Å². The first-order chi connectivity index (χ1) is 12.8. The van der Waals surface area contributed by atoms with Crippen molar-refractivity contribution in [1.82, 2.24) is 4.98 Å². The maximum absolute atomic E-state index is 11.4. The number of benzene rings is 1. The highest BCUT2D eigenvalue weighted by atomic mass is 16.6. The topological polar surface area (TPSA) is 136 Å². The van der Waals surface area contributed by atoms with E-state index in [1.165, 1.54) is 37.7 Å². The van der Waals surface area contributed by atoms with Gasteiger partial charge in [-0.1, -0.05) is 0 Å². The second-order valence-corrected chi connectivity index (χ2v) is 5.60. The van der Waals surface area contributed by atoms with Crippen LogP contribution in [-0.2, 0) is 0 Å². The fraction of sp³-hybridized carbons (Fsp3) is 0.235. The molecule has 0 atom stereocenters. The molecule has 0 aliphatic carbocycles. The molecule has 0 aliphatic heterocycles. The standard InChI is InChI=1S/C17H18N4O6/c1-10(2)27-16-13(21(24)25)6-11(7-14(16)26-3)8-19-20-15-5-4-12(9-18-15)17(22)23/h4-10H,1-3H3,(H,18,20)(H,22,23)/b19-8+. The molecule has 10 heteroatoms. The first kappa shape index (κ1) is 19.6. The molecular formula is C17H18N4O6. The monoisotopic (exact) mass is 374 g/mol. The molecule has 0 amide bonds. The van der Waals surface area contributed by atoms with E-state index in [-0.39, 0.29) is 28.9 Å². The third kappa shape index (κ3) is 5.14. The quantitative estimate of drug-likeness (QED) is 0.409. The van der Waals surface area contributed by atoms with Crippen molar-refractivity contribution in [2.24, 2.45) is 5.10 Å². The number of anilines is 1. The number of carboxylic acids is 1. The number of methoxy groups -OCH3 is 1. The van der Waals surface area contributed by atoms with Crippen LogP contribution in [0.3, 0.4) is 0 Å². The Morgan fingerprint density at radius 3 is 2.67 bits per heavy atom. The van der Waals surface area contributed by atoms with Crippen LogP contribution in [0, 0.1) is 10.1 Å². The molecule has 0 spiro atoms. The summed E-state index contributed by atoms with van der Waals surface area (Å²) in [6.07, 6.45) is 2.27. The average Bonchev–Trinajstić information content (AvgIpc) is 2.62. The molecule has 0 aliphatic rings. The summed E-state index contributed by atoms with van der Waals surface area (Å²) in [5.74, 6) is -0.505. The molecule has 10 nitrogen and oxygen atoms in total. The van der Waals surface area contributed by atoms with E-state index < -0.39 is 10.9 Å². The number of hydrazone groups is 1. The third-order valence-corrected chi connectivity index (χ3v) is 3.23. The van der Waals surface area contributed by atoms with Gasteiger partial charge in [-0.3, -0.25) is 15.5 Å². The van der Waals surface area contributed by atoms with Gasteiger partial charge in [0.15, 0.2) is 5.75 Å². The van der Waals surface area contributed by atoms with Crippen molar-refractivity contribution >= 4 is 23.7 Å². The summed E-state index contributed by atoms with van der Waals surface area (Å²) < 4.78 is 10.7. The lowest BCUT2D eigenvalue weighted by Crippen LogP contribution is -2.09. The fourth-order valence-electron chi connectivity index (χ4n) is 2.08. The number of carbonyl (C=O) groups is 1. The van der Waals surface area contributed by atoms with E-state index in [0.29, 0.717) is 11.4 Å². The normalized spacial score (nSPS) is 10.8. The van der Waals surface area contributed by atoms with Crippen LogP contribution in [0.25, 0.3) is 0 Å². The van der Waals surface area contributed by atoms with Gasteiger partial charge in [0, 0.05) is 17.8 Å². The van der Waals surface area contributed by atoms with E-state index in [2.05, 4.69) is 15.5 Å². The number of ether oxygens (including phenoxy) is 2. The summed E-state index contributed by atoms with van der Waals surface area (Å²) >= 11 is 0. The van der Waals surface area contributed by atoms with E-state index in [1.54, 1.807) is 19.9 Å². The minimum Gasteiger partial charge on any atom is -0.493 e. The molecule has 2 N–H and O–H groups in total. The van der Waals surface area contributed by atoms with Crippen molar-refractivity contribution < 1.29 is 24.3 Å². The van der Waals surface area contributed by atoms with E-state index in [9.17, 15) is 14.9 Å². The number of hydrogen-bond donors (Lipinski definition) is 2. The number of carboxylic acid groups (broad SMARTS) is 1. The SMILES string of the molecule is COc1cc(/C=N/Nc2ccc(C(=O)O)cn2)cc([N+](=O)[O-])c1OC(C)C. The molecule has 0 bridgehead atoms. The van der Waals surface area contributed by atoms with Crippen LogP contribution >= 0.6 is 0 Å². The highest BCUT2D eigenvalue weighted by Crippen LogP contribution is 2.38. The van der Waals surface area contributed by atoms with E-state index >= 15 is 0 Å². The van der Waals surface area contributed by atoms with Gasteiger partial charge in [-0.05, 0) is 32.0 Å². The number of nitro benzene ring substituents is 1.